The Morgan fingerprint density at radius 2 is 1.00 bits per heavy atom. The van der Waals surface area contributed by atoms with Crippen molar-refractivity contribution in [2.45, 2.75) is 142 Å². The number of unbranched alkanes of at least 4 members (excludes halogenated alkanes) is 11. The maximum absolute atomic E-state index is 3.97. The summed E-state index contributed by atoms with van der Waals surface area (Å²) in [5, 5.41) is 0. The van der Waals surface area contributed by atoms with Gasteiger partial charge in [-0.15, -0.1) is 0 Å². The second-order valence-corrected chi connectivity index (χ2v) is 9.06. The molecule has 0 rings (SSSR count). The van der Waals surface area contributed by atoms with Crippen molar-refractivity contribution in [1.29, 1.82) is 0 Å². The quantitative estimate of drug-likeness (QED) is 0.161. The van der Waals surface area contributed by atoms with Crippen molar-refractivity contribution < 1.29 is 0 Å². The minimum atomic E-state index is 0.976. The summed E-state index contributed by atoms with van der Waals surface area (Å²) in [5.41, 5.74) is 0. The van der Waals surface area contributed by atoms with Gasteiger partial charge in [0.2, 0.25) is 0 Å². The Morgan fingerprint density at radius 1 is 0.571 bits per heavy atom. The first-order valence-corrected chi connectivity index (χ1v) is 13.0. The van der Waals surface area contributed by atoms with Crippen LogP contribution in [-0.2, 0) is 0 Å². The van der Waals surface area contributed by atoms with E-state index in [1.807, 2.05) is 6.08 Å². The molecule has 0 N–H and O–H groups in total. The maximum atomic E-state index is 3.97. The van der Waals surface area contributed by atoms with Gasteiger partial charge in [-0.25, -0.2) is 0 Å². The fourth-order valence-corrected chi connectivity index (χ4v) is 4.46. The van der Waals surface area contributed by atoms with Crippen molar-refractivity contribution in [2.24, 2.45) is 11.8 Å². The molecule has 0 heteroatoms. The Balaban J connectivity index is 3.50. The molecule has 0 saturated heterocycles. The summed E-state index contributed by atoms with van der Waals surface area (Å²) >= 11 is 0. The van der Waals surface area contributed by atoms with Crippen molar-refractivity contribution in [3.05, 3.63) is 26.0 Å². The van der Waals surface area contributed by atoms with E-state index in [0.717, 1.165) is 18.3 Å². The van der Waals surface area contributed by atoms with Crippen molar-refractivity contribution in [1.82, 2.24) is 0 Å². The Hall–Kier alpha value is -0.260. The van der Waals surface area contributed by atoms with Crippen LogP contribution in [0.5, 0.6) is 0 Å². The summed E-state index contributed by atoms with van der Waals surface area (Å²) in [7, 11) is 0. The van der Waals surface area contributed by atoms with Gasteiger partial charge >= 0.3 is 0 Å². The highest BCUT2D eigenvalue weighted by atomic mass is 14.2. The molecule has 2 radical (unpaired) electrons. The van der Waals surface area contributed by atoms with Gasteiger partial charge in [-0.2, -0.15) is 0 Å². The lowest BCUT2D eigenvalue weighted by Crippen LogP contribution is -2.03. The van der Waals surface area contributed by atoms with Gasteiger partial charge in [0, 0.05) is 0 Å². The van der Waals surface area contributed by atoms with Crippen molar-refractivity contribution in [2.75, 3.05) is 0 Å². The maximum Gasteiger partial charge on any atom is -0.0316 e. The van der Waals surface area contributed by atoms with Crippen LogP contribution in [0.25, 0.3) is 0 Å². The molecular formula is C28H54. The fourth-order valence-electron chi connectivity index (χ4n) is 4.46. The molecule has 2 atom stereocenters. The molecule has 0 amide bonds. The van der Waals surface area contributed by atoms with Crippen molar-refractivity contribution in [3.8, 4) is 0 Å². The summed E-state index contributed by atoms with van der Waals surface area (Å²) in [6.07, 6.45) is 32.2. The van der Waals surface area contributed by atoms with E-state index in [2.05, 4.69) is 33.8 Å². The molecule has 0 saturated carbocycles. The molecule has 0 spiro atoms. The van der Waals surface area contributed by atoms with E-state index in [4.69, 9.17) is 0 Å². The molecule has 0 aliphatic rings. The van der Waals surface area contributed by atoms with Crippen LogP contribution in [-0.4, -0.2) is 0 Å². The van der Waals surface area contributed by atoms with Crippen LogP contribution in [0, 0.1) is 25.7 Å². The van der Waals surface area contributed by atoms with Gasteiger partial charge in [-0.1, -0.05) is 148 Å². The zero-order valence-corrected chi connectivity index (χ0v) is 19.9. The van der Waals surface area contributed by atoms with Crippen LogP contribution < -0.4 is 0 Å². The predicted octanol–water partition coefficient (Wildman–Crippen LogP) is 10.3. The number of rotatable bonds is 22. The molecule has 28 heavy (non-hydrogen) atoms. The third-order valence-corrected chi connectivity index (χ3v) is 6.64. The second-order valence-electron chi connectivity index (χ2n) is 9.06. The molecule has 0 nitrogen and oxygen atoms in total. The van der Waals surface area contributed by atoms with Gasteiger partial charge in [-0.3, -0.25) is 0 Å². The van der Waals surface area contributed by atoms with Crippen LogP contribution >= 0.6 is 0 Å². The van der Waals surface area contributed by atoms with E-state index in [9.17, 15) is 0 Å². The zero-order valence-electron chi connectivity index (χ0n) is 19.9. The summed E-state index contributed by atoms with van der Waals surface area (Å²) in [4.78, 5) is 0. The largest absolute Gasteiger partial charge is 0.0885 e. The minimum Gasteiger partial charge on any atom is -0.0885 e. The predicted molar refractivity (Wildman–Crippen MR) is 131 cm³/mol. The first-order valence-electron chi connectivity index (χ1n) is 13.0. The Labute approximate surface area is 180 Å². The molecule has 166 valence electrons. The lowest BCUT2D eigenvalue weighted by atomic mass is 9.88. The Bertz CT molecular complexity index is 303. The van der Waals surface area contributed by atoms with Crippen LogP contribution in [0.2, 0.25) is 0 Å². The standard InChI is InChI=1S/C28H54/c1-5-9-11-12-13-14-15-16-17-18-19-21-24-28(8-4)26-22-25-27(7-3)23-20-10-6-2/h5,9,27-28H,1-2,6-8,10-26H2,3-4H3/b9-5+. The van der Waals surface area contributed by atoms with Crippen LogP contribution in [0.4, 0.5) is 0 Å². The van der Waals surface area contributed by atoms with Gasteiger partial charge in [0.25, 0.3) is 0 Å². The lowest BCUT2D eigenvalue weighted by molar-refractivity contribution is 0.352. The first kappa shape index (κ1) is 27.7. The molecular weight excluding hydrogens is 336 g/mol. The highest BCUT2D eigenvalue weighted by molar-refractivity contribution is 4.83. The molecule has 0 aliphatic heterocycles. The van der Waals surface area contributed by atoms with Crippen LogP contribution in [0.1, 0.15) is 142 Å². The number of hydrogen-bond donors (Lipinski definition) is 0. The average Bonchev–Trinajstić information content (AvgIpc) is 2.72. The molecule has 0 fully saturated rings. The van der Waals surface area contributed by atoms with Crippen molar-refractivity contribution in [3.63, 3.8) is 0 Å². The fraction of sp³-hybridized carbons (Fsp3) is 0.857. The molecule has 0 aromatic heterocycles. The van der Waals surface area contributed by atoms with E-state index in [-0.39, 0.29) is 0 Å². The van der Waals surface area contributed by atoms with Crippen LogP contribution in [0.15, 0.2) is 12.2 Å². The molecule has 0 aromatic rings. The topological polar surface area (TPSA) is 0 Å². The van der Waals surface area contributed by atoms with Crippen LogP contribution in [0.3, 0.4) is 0 Å². The molecule has 0 heterocycles. The average molecular weight is 391 g/mol. The minimum absolute atomic E-state index is 0.976. The third-order valence-electron chi connectivity index (χ3n) is 6.64. The third kappa shape index (κ3) is 19.1. The summed E-state index contributed by atoms with van der Waals surface area (Å²) in [5.74, 6) is 1.97. The lowest BCUT2D eigenvalue weighted by Gasteiger charge is -2.18. The van der Waals surface area contributed by atoms with E-state index in [1.165, 1.54) is 122 Å². The van der Waals surface area contributed by atoms with Gasteiger partial charge < -0.3 is 0 Å². The highest BCUT2D eigenvalue weighted by Crippen LogP contribution is 2.25. The summed E-state index contributed by atoms with van der Waals surface area (Å²) in [6.45, 7) is 12.5. The van der Waals surface area contributed by atoms with E-state index >= 15 is 0 Å². The van der Waals surface area contributed by atoms with Gasteiger partial charge in [-0.05, 0) is 31.6 Å². The van der Waals surface area contributed by atoms with Gasteiger partial charge in [0.1, 0.15) is 0 Å². The van der Waals surface area contributed by atoms with E-state index in [0.29, 0.717) is 0 Å². The number of allylic oxidation sites excluding steroid dienone is 2. The Kier molecular flexibility index (Phi) is 22.8. The monoisotopic (exact) mass is 390 g/mol. The zero-order chi connectivity index (χ0) is 20.7. The number of hydrogen-bond acceptors (Lipinski definition) is 0. The molecule has 0 aromatic carbocycles. The first-order chi connectivity index (χ1) is 13.8. The van der Waals surface area contributed by atoms with Gasteiger partial charge in [0.15, 0.2) is 0 Å². The second kappa shape index (κ2) is 23.0. The van der Waals surface area contributed by atoms with E-state index in [1.54, 1.807) is 0 Å². The SMILES string of the molecule is [CH2]/C=C/CCCCCCCCCCCC(CC)CCCC(CC)CCCC[CH2]. The Morgan fingerprint density at radius 3 is 1.46 bits per heavy atom. The molecule has 0 aliphatic carbocycles. The summed E-state index contributed by atoms with van der Waals surface area (Å²) in [6, 6.07) is 0. The summed E-state index contributed by atoms with van der Waals surface area (Å²) < 4.78 is 0. The smallest absolute Gasteiger partial charge is 0.0316 e. The molecule has 0 bridgehead atoms. The van der Waals surface area contributed by atoms with E-state index < -0.39 is 0 Å². The highest BCUT2D eigenvalue weighted by Gasteiger charge is 2.10. The normalized spacial score (nSPS) is 14.0. The molecule has 2 unspecified atom stereocenters. The van der Waals surface area contributed by atoms with Crippen molar-refractivity contribution >= 4 is 0 Å². The van der Waals surface area contributed by atoms with Gasteiger partial charge in [0.05, 0.1) is 0 Å².